The second-order valence-electron chi connectivity index (χ2n) is 4.57. The van der Waals surface area contributed by atoms with Crippen LogP contribution < -0.4 is 5.32 Å². The summed E-state index contributed by atoms with van der Waals surface area (Å²) in [5.74, 6) is 1.27. The number of rotatable bonds is 3. The van der Waals surface area contributed by atoms with E-state index in [0.717, 1.165) is 24.8 Å². The average Bonchev–Trinajstić information content (AvgIpc) is 2.36. The molecule has 2 rings (SSSR count). The molecule has 1 saturated carbocycles. The van der Waals surface area contributed by atoms with Gasteiger partial charge in [0.05, 0.1) is 5.54 Å². The van der Waals surface area contributed by atoms with E-state index in [1.165, 1.54) is 0 Å². The number of amides is 1. The van der Waals surface area contributed by atoms with Crippen molar-refractivity contribution in [1.82, 2.24) is 5.32 Å². The Balaban J connectivity index is 2.21. The maximum absolute atomic E-state index is 12.0. The normalized spacial score (nSPS) is 17.4. The van der Waals surface area contributed by atoms with Gasteiger partial charge in [0, 0.05) is 0 Å². The summed E-state index contributed by atoms with van der Waals surface area (Å²) in [5.41, 5.74) is 1.03. The minimum Gasteiger partial charge on any atom is -0.342 e. The number of hydrogen-bond acceptors (Lipinski definition) is 2. The van der Waals surface area contributed by atoms with Crippen molar-refractivity contribution in [3.63, 3.8) is 0 Å². The Kier molecular flexibility index (Phi) is 3.52. The van der Waals surface area contributed by atoms with Gasteiger partial charge in [-0.3, -0.25) is 4.79 Å². The average molecular weight is 238 g/mol. The molecule has 1 aromatic rings. The van der Waals surface area contributed by atoms with Crippen LogP contribution >= 0.6 is 0 Å². The lowest BCUT2D eigenvalue weighted by atomic mass is 9.71. The maximum atomic E-state index is 12.0. The molecule has 0 unspecified atom stereocenters. The molecule has 0 atom stereocenters. The fourth-order valence-corrected chi connectivity index (χ4v) is 2.30. The number of carbonyl (C=O) groups excluding carboxylic acids is 1. The Morgan fingerprint density at radius 2 is 2.06 bits per heavy atom. The molecule has 1 aliphatic carbocycles. The Labute approximate surface area is 108 Å². The predicted molar refractivity (Wildman–Crippen MR) is 72.4 cm³/mol. The van der Waals surface area contributed by atoms with Crippen molar-refractivity contribution in [2.24, 2.45) is 0 Å². The van der Waals surface area contributed by atoms with Crippen LogP contribution in [0.2, 0.25) is 0 Å². The summed E-state index contributed by atoms with van der Waals surface area (Å²) in [4.78, 5) is 12.0. The molecule has 0 saturated heterocycles. The first-order valence-corrected chi connectivity index (χ1v) is 6.16. The second-order valence-corrected chi connectivity index (χ2v) is 4.57. The van der Waals surface area contributed by atoms with Crippen LogP contribution in [-0.4, -0.2) is 13.8 Å². The zero-order valence-corrected chi connectivity index (χ0v) is 10.4. The van der Waals surface area contributed by atoms with E-state index in [0.29, 0.717) is 0 Å². The van der Waals surface area contributed by atoms with Crippen molar-refractivity contribution in [2.45, 2.75) is 24.8 Å². The fourth-order valence-electron chi connectivity index (χ4n) is 2.30. The van der Waals surface area contributed by atoms with Gasteiger partial charge in [0.15, 0.2) is 0 Å². The van der Waals surface area contributed by atoms with Crippen LogP contribution in [0, 0.1) is 11.3 Å². The van der Waals surface area contributed by atoms with E-state index in [9.17, 15) is 4.79 Å². The summed E-state index contributed by atoms with van der Waals surface area (Å²) in [6, 6.07) is 11.9. The number of carbonyl (C=O) groups is 1. The Bertz CT molecular complexity index is 512. The molecular formula is C14H15BN2O. The lowest BCUT2D eigenvalue weighted by Gasteiger charge is -2.43. The quantitative estimate of drug-likeness (QED) is 0.489. The Hall–Kier alpha value is -2.02. The highest BCUT2D eigenvalue weighted by atomic mass is 16.1. The lowest BCUT2D eigenvalue weighted by Crippen LogP contribution is -2.51. The summed E-state index contributed by atoms with van der Waals surface area (Å²) >= 11 is 0. The minimum atomic E-state index is -0.274. The first-order chi connectivity index (χ1) is 8.72. The highest BCUT2D eigenvalue weighted by Crippen LogP contribution is 2.41. The van der Waals surface area contributed by atoms with Crippen molar-refractivity contribution < 1.29 is 4.79 Å². The Morgan fingerprint density at radius 3 is 2.50 bits per heavy atom. The summed E-state index contributed by atoms with van der Waals surface area (Å²) in [5, 5.41) is 11.9. The molecule has 18 heavy (non-hydrogen) atoms. The standard InChI is InChI=1S/C14H15BN2O/c15-9-11(10-16)13(18)17-14(7-4-8-14)12-5-2-1-3-6-12/h1-3,5-6,9H,4,7-8,15H2,(H,17,18)/b11-9+. The van der Waals surface area contributed by atoms with Crippen LogP contribution in [0.5, 0.6) is 0 Å². The predicted octanol–water partition coefficient (Wildman–Crippen LogP) is 1.22. The largest absolute Gasteiger partial charge is 0.342 e. The van der Waals surface area contributed by atoms with Crippen molar-refractivity contribution in [1.29, 1.82) is 5.26 Å². The van der Waals surface area contributed by atoms with Crippen LogP contribution in [0.3, 0.4) is 0 Å². The third kappa shape index (κ3) is 2.17. The summed E-state index contributed by atoms with van der Waals surface area (Å²) in [6.45, 7) is 0. The highest BCUT2D eigenvalue weighted by molar-refractivity contribution is 6.21. The third-order valence-corrected chi connectivity index (χ3v) is 3.54. The molecule has 0 bridgehead atoms. The monoisotopic (exact) mass is 238 g/mol. The van der Waals surface area contributed by atoms with Gasteiger partial charge in [-0.25, -0.2) is 0 Å². The SMILES string of the molecule is B/C=C(\C#N)C(=O)NC1(c2ccccc2)CCC1. The molecule has 90 valence electrons. The second kappa shape index (κ2) is 5.09. The number of benzene rings is 1. The van der Waals surface area contributed by atoms with Crippen molar-refractivity contribution in [3.8, 4) is 6.07 Å². The summed E-state index contributed by atoms with van der Waals surface area (Å²) in [7, 11) is 1.70. The molecule has 3 nitrogen and oxygen atoms in total. The molecule has 0 heterocycles. The zero-order chi connectivity index (χ0) is 13.0. The molecule has 0 radical (unpaired) electrons. The van der Waals surface area contributed by atoms with Crippen LogP contribution in [-0.2, 0) is 10.3 Å². The first kappa shape index (κ1) is 12.4. The van der Waals surface area contributed by atoms with E-state index in [2.05, 4.69) is 5.32 Å². The Morgan fingerprint density at radius 1 is 1.39 bits per heavy atom. The maximum Gasteiger partial charge on any atom is 0.261 e. The molecule has 1 aromatic carbocycles. The third-order valence-electron chi connectivity index (χ3n) is 3.54. The number of nitriles is 1. The summed E-state index contributed by atoms with van der Waals surface area (Å²) < 4.78 is 0. The number of hydrogen-bond donors (Lipinski definition) is 1. The van der Waals surface area contributed by atoms with Crippen molar-refractivity contribution >= 4 is 13.8 Å². The van der Waals surface area contributed by atoms with E-state index in [1.54, 1.807) is 13.8 Å². The van der Waals surface area contributed by atoms with E-state index >= 15 is 0 Å². The van der Waals surface area contributed by atoms with E-state index in [4.69, 9.17) is 5.26 Å². The molecule has 0 spiro atoms. The van der Waals surface area contributed by atoms with Gasteiger partial charge in [-0.2, -0.15) is 5.26 Å². The van der Waals surface area contributed by atoms with Gasteiger partial charge >= 0.3 is 0 Å². The van der Waals surface area contributed by atoms with Gasteiger partial charge < -0.3 is 5.32 Å². The topological polar surface area (TPSA) is 52.9 Å². The van der Waals surface area contributed by atoms with Gasteiger partial charge in [0.2, 0.25) is 0 Å². The van der Waals surface area contributed by atoms with E-state index in [-0.39, 0.29) is 17.0 Å². The molecule has 4 heteroatoms. The van der Waals surface area contributed by atoms with Gasteiger partial charge in [-0.15, -0.1) is 5.98 Å². The molecule has 0 aromatic heterocycles. The van der Waals surface area contributed by atoms with Crippen LogP contribution in [0.25, 0.3) is 0 Å². The fraction of sp³-hybridized carbons (Fsp3) is 0.286. The molecule has 0 aliphatic heterocycles. The van der Waals surface area contributed by atoms with Gasteiger partial charge in [0.1, 0.15) is 19.5 Å². The molecule has 1 N–H and O–H groups in total. The van der Waals surface area contributed by atoms with E-state index < -0.39 is 0 Å². The van der Waals surface area contributed by atoms with E-state index in [1.807, 2.05) is 36.4 Å². The lowest BCUT2D eigenvalue weighted by molar-refractivity contribution is -0.120. The molecule has 1 fully saturated rings. The summed E-state index contributed by atoms with van der Waals surface area (Å²) in [6.07, 6.45) is 2.98. The highest BCUT2D eigenvalue weighted by Gasteiger charge is 2.40. The van der Waals surface area contributed by atoms with Crippen LogP contribution in [0.15, 0.2) is 41.9 Å². The van der Waals surface area contributed by atoms with Crippen LogP contribution in [0.4, 0.5) is 0 Å². The number of nitrogens with zero attached hydrogens (tertiary/aromatic N) is 1. The van der Waals surface area contributed by atoms with Crippen molar-refractivity contribution in [3.05, 3.63) is 47.4 Å². The number of nitrogens with one attached hydrogen (secondary N) is 1. The van der Waals surface area contributed by atoms with Crippen molar-refractivity contribution in [2.75, 3.05) is 0 Å². The molecule has 1 aliphatic rings. The van der Waals surface area contributed by atoms with Gasteiger partial charge in [0.25, 0.3) is 5.91 Å². The smallest absolute Gasteiger partial charge is 0.261 e. The first-order valence-electron chi connectivity index (χ1n) is 6.16. The van der Waals surface area contributed by atoms with Gasteiger partial charge in [-0.1, -0.05) is 30.3 Å². The molecular weight excluding hydrogens is 223 g/mol. The van der Waals surface area contributed by atoms with Crippen LogP contribution in [0.1, 0.15) is 24.8 Å². The minimum absolute atomic E-state index is 0.178. The van der Waals surface area contributed by atoms with Gasteiger partial charge in [-0.05, 0) is 24.8 Å². The molecule has 1 amide bonds. The zero-order valence-electron chi connectivity index (χ0n) is 10.4.